The summed E-state index contributed by atoms with van der Waals surface area (Å²) in [5.41, 5.74) is 1.50. The van der Waals surface area contributed by atoms with Crippen molar-refractivity contribution in [2.45, 2.75) is 19.9 Å². The third-order valence-electron chi connectivity index (χ3n) is 2.74. The Hall–Kier alpha value is -2.43. The van der Waals surface area contributed by atoms with Crippen LogP contribution in [0.3, 0.4) is 0 Å². The van der Waals surface area contributed by atoms with Gasteiger partial charge in [0.2, 0.25) is 0 Å². The number of rotatable bonds is 6. The molecule has 0 radical (unpaired) electrons. The fourth-order valence-electron chi connectivity index (χ4n) is 1.65. The Kier molecular flexibility index (Phi) is 5.06. The van der Waals surface area contributed by atoms with E-state index in [4.69, 9.17) is 0 Å². The summed E-state index contributed by atoms with van der Waals surface area (Å²) in [5.74, 6) is 0.467. The number of aromatic nitrogens is 2. The number of benzene rings is 1. The van der Waals surface area contributed by atoms with Gasteiger partial charge in [0.15, 0.2) is 0 Å². The van der Waals surface area contributed by atoms with Crippen LogP contribution in [0.2, 0.25) is 0 Å². The van der Waals surface area contributed by atoms with E-state index in [0.717, 1.165) is 6.42 Å². The Morgan fingerprint density at radius 2 is 1.95 bits per heavy atom. The van der Waals surface area contributed by atoms with Crippen LogP contribution in [-0.4, -0.2) is 22.4 Å². The standard InChI is InChI=1S/C15H18N4O/c1-2-8-16-15(20)13-10-19-14(11-17-13)18-9-12-6-4-3-5-7-12/h3-7,10-11H,2,8-9H2,1H3,(H,16,20)(H,18,19). The Morgan fingerprint density at radius 1 is 1.15 bits per heavy atom. The number of anilines is 1. The fourth-order valence-corrected chi connectivity index (χ4v) is 1.65. The van der Waals surface area contributed by atoms with E-state index in [1.807, 2.05) is 37.3 Å². The van der Waals surface area contributed by atoms with Gasteiger partial charge in [0.25, 0.3) is 5.91 Å². The third-order valence-corrected chi connectivity index (χ3v) is 2.74. The van der Waals surface area contributed by atoms with Crippen LogP contribution in [0.5, 0.6) is 0 Å². The highest BCUT2D eigenvalue weighted by Gasteiger charge is 2.06. The van der Waals surface area contributed by atoms with Gasteiger partial charge in [-0.3, -0.25) is 4.79 Å². The predicted molar refractivity (Wildman–Crippen MR) is 78.4 cm³/mol. The van der Waals surface area contributed by atoms with Crippen LogP contribution in [0.15, 0.2) is 42.7 Å². The summed E-state index contributed by atoms with van der Waals surface area (Å²) in [4.78, 5) is 20.0. The number of carbonyl (C=O) groups excluding carboxylic acids is 1. The lowest BCUT2D eigenvalue weighted by atomic mass is 10.2. The van der Waals surface area contributed by atoms with Gasteiger partial charge in [-0.25, -0.2) is 9.97 Å². The van der Waals surface area contributed by atoms with Crippen LogP contribution >= 0.6 is 0 Å². The van der Waals surface area contributed by atoms with Gasteiger partial charge in [-0.05, 0) is 12.0 Å². The van der Waals surface area contributed by atoms with E-state index in [1.165, 1.54) is 11.8 Å². The summed E-state index contributed by atoms with van der Waals surface area (Å²) in [6.45, 7) is 3.33. The summed E-state index contributed by atoms with van der Waals surface area (Å²) >= 11 is 0. The fraction of sp³-hybridized carbons (Fsp3) is 0.267. The maximum absolute atomic E-state index is 11.7. The van der Waals surface area contributed by atoms with Gasteiger partial charge < -0.3 is 10.6 Å². The molecule has 2 aromatic rings. The van der Waals surface area contributed by atoms with Crippen molar-refractivity contribution in [3.05, 3.63) is 54.0 Å². The van der Waals surface area contributed by atoms with Crippen molar-refractivity contribution in [1.29, 1.82) is 0 Å². The van der Waals surface area contributed by atoms with Crippen molar-refractivity contribution in [1.82, 2.24) is 15.3 Å². The van der Waals surface area contributed by atoms with Crippen molar-refractivity contribution in [2.24, 2.45) is 0 Å². The molecule has 5 nitrogen and oxygen atoms in total. The average molecular weight is 270 g/mol. The van der Waals surface area contributed by atoms with E-state index in [1.54, 1.807) is 6.20 Å². The molecule has 0 aliphatic carbocycles. The number of amides is 1. The molecule has 20 heavy (non-hydrogen) atoms. The van der Waals surface area contributed by atoms with E-state index in [9.17, 15) is 4.79 Å². The minimum absolute atomic E-state index is 0.186. The molecular weight excluding hydrogens is 252 g/mol. The summed E-state index contributed by atoms with van der Waals surface area (Å²) in [6, 6.07) is 10.0. The first-order valence-corrected chi connectivity index (χ1v) is 6.67. The second-order valence-electron chi connectivity index (χ2n) is 4.38. The Morgan fingerprint density at radius 3 is 2.60 bits per heavy atom. The first kappa shape index (κ1) is 14.0. The number of hydrogen-bond acceptors (Lipinski definition) is 4. The highest BCUT2D eigenvalue weighted by atomic mass is 16.1. The van der Waals surface area contributed by atoms with Gasteiger partial charge in [-0.1, -0.05) is 37.3 Å². The molecule has 1 aromatic heterocycles. The Labute approximate surface area is 118 Å². The smallest absolute Gasteiger partial charge is 0.271 e. The van der Waals surface area contributed by atoms with E-state index < -0.39 is 0 Å². The number of carbonyl (C=O) groups is 1. The molecule has 0 saturated heterocycles. The van der Waals surface area contributed by atoms with Crippen LogP contribution in [-0.2, 0) is 6.54 Å². The van der Waals surface area contributed by atoms with Gasteiger partial charge in [0.05, 0.1) is 12.4 Å². The maximum atomic E-state index is 11.7. The van der Waals surface area contributed by atoms with Gasteiger partial charge in [0.1, 0.15) is 11.5 Å². The first-order chi connectivity index (χ1) is 9.79. The zero-order chi connectivity index (χ0) is 14.2. The topological polar surface area (TPSA) is 66.9 Å². The highest BCUT2D eigenvalue weighted by molar-refractivity contribution is 5.91. The maximum Gasteiger partial charge on any atom is 0.271 e. The molecule has 0 atom stereocenters. The number of nitrogens with zero attached hydrogens (tertiary/aromatic N) is 2. The second kappa shape index (κ2) is 7.23. The number of nitrogens with one attached hydrogen (secondary N) is 2. The molecule has 0 saturated carbocycles. The monoisotopic (exact) mass is 270 g/mol. The van der Waals surface area contributed by atoms with Crippen molar-refractivity contribution in [2.75, 3.05) is 11.9 Å². The Balaban J connectivity index is 1.90. The quantitative estimate of drug-likeness (QED) is 0.844. The first-order valence-electron chi connectivity index (χ1n) is 6.67. The largest absolute Gasteiger partial charge is 0.365 e. The molecule has 0 unspecified atom stereocenters. The summed E-state index contributed by atoms with van der Waals surface area (Å²) in [6.07, 6.45) is 3.96. The predicted octanol–water partition coefficient (Wildman–Crippen LogP) is 2.23. The minimum atomic E-state index is -0.186. The van der Waals surface area contributed by atoms with E-state index >= 15 is 0 Å². The molecule has 0 aliphatic rings. The molecule has 0 spiro atoms. The van der Waals surface area contributed by atoms with Crippen LogP contribution < -0.4 is 10.6 Å². The Bertz CT molecular complexity index is 540. The van der Waals surface area contributed by atoms with Crippen molar-refractivity contribution >= 4 is 11.7 Å². The van der Waals surface area contributed by atoms with Crippen LogP contribution in [0.1, 0.15) is 29.4 Å². The highest BCUT2D eigenvalue weighted by Crippen LogP contribution is 2.05. The lowest BCUT2D eigenvalue weighted by Gasteiger charge is -2.06. The van der Waals surface area contributed by atoms with Crippen LogP contribution in [0.4, 0.5) is 5.82 Å². The molecule has 0 aliphatic heterocycles. The van der Waals surface area contributed by atoms with E-state index in [-0.39, 0.29) is 5.91 Å². The molecule has 0 fully saturated rings. The molecule has 5 heteroatoms. The third kappa shape index (κ3) is 4.05. The summed E-state index contributed by atoms with van der Waals surface area (Å²) < 4.78 is 0. The van der Waals surface area contributed by atoms with Gasteiger partial charge in [-0.2, -0.15) is 0 Å². The molecule has 2 N–H and O–H groups in total. The number of hydrogen-bond donors (Lipinski definition) is 2. The SMILES string of the molecule is CCCNC(=O)c1cnc(NCc2ccccc2)cn1. The van der Waals surface area contributed by atoms with E-state index in [0.29, 0.717) is 24.6 Å². The van der Waals surface area contributed by atoms with Gasteiger partial charge in [0, 0.05) is 13.1 Å². The van der Waals surface area contributed by atoms with Crippen molar-refractivity contribution < 1.29 is 4.79 Å². The second-order valence-corrected chi connectivity index (χ2v) is 4.38. The molecular formula is C15H18N4O. The molecule has 104 valence electrons. The van der Waals surface area contributed by atoms with Crippen molar-refractivity contribution in [3.8, 4) is 0 Å². The van der Waals surface area contributed by atoms with Gasteiger partial charge >= 0.3 is 0 Å². The van der Waals surface area contributed by atoms with Crippen LogP contribution in [0.25, 0.3) is 0 Å². The van der Waals surface area contributed by atoms with Crippen LogP contribution in [0, 0.1) is 0 Å². The molecule has 1 amide bonds. The normalized spacial score (nSPS) is 10.1. The molecule has 1 aromatic carbocycles. The average Bonchev–Trinajstić information content (AvgIpc) is 2.52. The summed E-state index contributed by atoms with van der Waals surface area (Å²) in [5, 5.41) is 5.93. The molecule has 1 heterocycles. The van der Waals surface area contributed by atoms with Gasteiger partial charge in [-0.15, -0.1) is 0 Å². The zero-order valence-corrected chi connectivity index (χ0v) is 11.5. The minimum Gasteiger partial charge on any atom is -0.365 e. The lowest BCUT2D eigenvalue weighted by Crippen LogP contribution is -2.25. The molecule has 2 rings (SSSR count). The van der Waals surface area contributed by atoms with Crippen molar-refractivity contribution in [3.63, 3.8) is 0 Å². The lowest BCUT2D eigenvalue weighted by molar-refractivity contribution is 0.0948. The zero-order valence-electron chi connectivity index (χ0n) is 11.5. The van der Waals surface area contributed by atoms with E-state index in [2.05, 4.69) is 20.6 Å². The molecule has 0 bridgehead atoms. The summed E-state index contributed by atoms with van der Waals surface area (Å²) in [7, 11) is 0.